The number of carbonyl (C=O) groups excluding carboxylic acids is 1. The summed E-state index contributed by atoms with van der Waals surface area (Å²) in [6, 6.07) is 8.37. The predicted molar refractivity (Wildman–Crippen MR) is 59.9 cm³/mol. The molecule has 0 saturated carbocycles. The molecule has 82 valence electrons. The van der Waals surface area contributed by atoms with Crippen LogP contribution in [0.15, 0.2) is 41.0 Å². The predicted octanol–water partition coefficient (Wildman–Crippen LogP) is 3.46. The van der Waals surface area contributed by atoms with E-state index < -0.39 is 5.97 Å². The maximum absolute atomic E-state index is 11.6. The van der Waals surface area contributed by atoms with Crippen LogP contribution in [0.1, 0.15) is 16.1 Å². The van der Waals surface area contributed by atoms with Gasteiger partial charge in [0.2, 0.25) is 5.76 Å². The molecule has 0 bridgehead atoms. The van der Waals surface area contributed by atoms with Gasteiger partial charge in [0.25, 0.3) is 0 Å². The first-order chi connectivity index (χ1) is 7.66. The molecule has 0 N–H and O–H groups in total. The van der Waals surface area contributed by atoms with Crippen molar-refractivity contribution >= 4 is 17.6 Å². The van der Waals surface area contributed by atoms with Crippen LogP contribution in [0.3, 0.4) is 0 Å². The lowest BCUT2D eigenvalue weighted by Crippen LogP contribution is -2.07. The van der Waals surface area contributed by atoms with Crippen LogP contribution in [0.25, 0.3) is 0 Å². The van der Waals surface area contributed by atoms with Crippen molar-refractivity contribution < 1.29 is 13.9 Å². The SMILES string of the molecule is Cc1ccc(Cl)c(OC(=O)c2ccco2)c1. The van der Waals surface area contributed by atoms with Crippen molar-refractivity contribution in [2.75, 3.05) is 0 Å². The monoisotopic (exact) mass is 236 g/mol. The Kier molecular flexibility index (Phi) is 2.97. The molecular formula is C12H9ClO3. The fourth-order valence-corrected chi connectivity index (χ4v) is 1.39. The molecule has 0 aliphatic carbocycles. The second-order valence-electron chi connectivity index (χ2n) is 3.30. The Bertz CT molecular complexity index is 503. The van der Waals surface area contributed by atoms with Crippen molar-refractivity contribution in [3.05, 3.63) is 52.9 Å². The van der Waals surface area contributed by atoms with Gasteiger partial charge in [0.1, 0.15) is 5.75 Å². The minimum Gasteiger partial charge on any atom is -0.457 e. The van der Waals surface area contributed by atoms with Crippen molar-refractivity contribution in [2.24, 2.45) is 0 Å². The molecule has 0 amide bonds. The number of aryl methyl sites for hydroxylation is 1. The number of benzene rings is 1. The first-order valence-corrected chi connectivity index (χ1v) is 5.06. The minimum absolute atomic E-state index is 0.151. The molecule has 0 spiro atoms. The molecule has 0 atom stereocenters. The molecule has 0 aliphatic rings. The molecule has 2 rings (SSSR count). The Morgan fingerprint density at radius 2 is 2.19 bits per heavy atom. The Morgan fingerprint density at radius 1 is 1.38 bits per heavy atom. The first-order valence-electron chi connectivity index (χ1n) is 4.68. The van der Waals surface area contributed by atoms with Crippen molar-refractivity contribution in [1.29, 1.82) is 0 Å². The molecule has 0 radical (unpaired) electrons. The Labute approximate surface area is 97.6 Å². The standard InChI is InChI=1S/C12H9ClO3/c1-8-4-5-9(13)11(7-8)16-12(14)10-3-2-6-15-10/h2-7H,1H3. The van der Waals surface area contributed by atoms with Crippen LogP contribution >= 0.6 is 11.6 Å². The van der Waals surface area contributed by atoms with E-state index in [1.165, 1.54) is 12.3 Å². The molecule has 0 fully saturated rings. The summed E-state index contributed by atoms with van der Waals surface area (Å²) < 4.78 is 10.0. The summed E-state index contributed by atoms with van der Waals surface area (Å²) in [5, 5.41) is 0.394. The topological polar surface area (TPSA) is 39.4 Å². The lowest BCUT2D eigenvalue weighted by atomic mass is 10.2. The van der Waals surface area contributed by atoms with E-state index in [1.54, 1.807) is 18.2 Å². The Morgan fingerprint density at radius 3 is 2.88 bits per heavy atom. The van der Waals surface area contributed by atoms with E-state index in [-0.39, 0.29) is 5.76 Å². The van der Waals surface area contributed by atoms with Gasteiger partial charge >= 0.3 is 5.97 Å². The van der Waals surface area contributed by atoms with Crippen LogP contribution < -0.4 is 4.74 Å². The van der Waals surface area contributed by atoms with E-state index in [2.05, 4.69) is 0 Å². The summed E-state index contributed by atoms with van der Waals surface area (Å²) in [4.78, 5) is 11.6. The maximum atomic E-state index is 11.6. The van der Waals surface area contributed by atoms with E-state index in [0.29, 0.717) is 10.8 Å². The fourth-order valence-electron chi connectivity index (χ4n) is 1.23. The van der Waals surface area contributed by atoms with Crippen LogP contribution in [0.2, 0.25) is 5.02 Å². The molecule has 1 aromatic heterocycles. The summed E-state index contributed by atoms with van der Waals surface area (Å²) >= 11 is 5.89. The number of furan rings is 1. The van der Waals surface area contributed by atoms with Gasteiger partial charge in [0, 0.05) is 0 Å². The Hall–Kier alpha value is -1.74. The van der Waals surface area contributed by atoms with Crippen molar-refractivity contribution in [3.63, 3.8) is 0 Å². The fraction of sp³-hybridized carbons (Fsp3) is 0.0833. The number of hydrogen-bond acceptors (Lipinski definition) is 3. The Balaban J connectivity index is 2.21. The van der Waals surface area contributed by atoms with E-state index in [9.17, 15) is 4.79 Å². The van der Waals surface area contributed by atoms with Crippen molar-refractivity contribution in [1.82, 2.24) is 0 Å². The van der Waals surface area contributed by atoms with Gasteiger partial charge in [-0.15, -0.1) is 0 Å². The molecule has 1 aromatic carbocycles. The summed E-state index contributed by atoms with van der Waals surface area (Å²) in [6.07, 6.45) is 1.41. The molecule has 3 nitrogen and oxygen atoms in total. The summed E-state index contributed by atoms with van der Waals surface area (Å²) in [6.45, 7) is 1.89. The highest BCUT2D eigenvalue weighted by molar-refractivity contribution is 6.32. The van der Waals surface area contributed by atoms with Gasteiger partial charge in [-0.3, -0.25) is 0 Å². The zero-order chi connectivity index (χ0) is 11.5. The number of ether oxygens (including phenoxy) is 1. The normalized spacial score (nSPS) is 10.1. The third-order valence-electron chi connectivity index (χ3n) is 2.01. The van der Waals surface area contributed by atoms with E-state index in [4.69, 9.17) is 20.8 Å². The second kappa shape index (κ2) is 4.41. The summed E-state index contributed by atoms with van der Waals surface area (Å²) in [5.41, 5.74) is 0.964. The van der Waals surface area contributed by atoms with Crippen LogP contribution in [0.4, 0.5) is 0 Å². The number of rotatable bonds is 2. The molecule has 0 saturated heterocycles. The molecule has 1 heterocycles. The van der Waals surface area contributed by atoms with E-state index >= 15 is 0 Å². The quantitative estimate of drug-likeness (QED) is 0.592. The molecule has 4 heteroatoms. The molecule has 16 heavy (non-hydrogen) atoms. The summed E-state index contributed by atoms with van der Waals surface area (Å²) in [5.74, 6) is -0.0712. The third kappa shape index (κ3) is 2.25. The zero-order valence-corrected chi connectivity index (χ0v) is 9.32. The van der Waals surface area contributed by atoms with E-state index in [1.807, 2.05) is 13.0 Å². The van der Waals surface area contributed by atoms with Crippen molar-refractivity contribution in [2.45, 2.75) is 6.92 Å². The molecule has 2 aromatic rings. The number of halogens is 1. The van der Waals surface area contributed by atoms with Gasteiger partial charge in [0.05, 0.1) is 11.3 Å². The number of carbonyl (C=O) groups is 1. The minimum atomic E-state index is -0.558. The van der Waals surface area contributed by atoms with Gasteiger partial charge in [-0.1, -0.05) is 17.7 Å². The average molecular weight is 237 g/mol. The van der Waals surface area contributed by atoms with E-state index in [0.717, 1.165) is 5.56 Å². The number of esters is 1. The summed E-state index contributed by atoms with van der Waals surface area (Å²) in [7, 11) is 0. The van der Waals surface area contributed by atoms with Crippen molar-refractivity contribution in [3.8, 4) is 5.75 Å². The van der Waals surface area contributed by atoms with Crippen LogP contribution in [0, 0.1) is 6.92 Å². The zero-order valence-electron chi connectivity index (χ0n) is 8.57. The number of hydrogen-bond donors (Lipinski definition) is 0. The van der Waals surface area contributed by atoms with Gasteiger partial charge < -0.3 is 9.15 Å². The van der Waals surface area contributed by atoms with Gasteiger partial charge in [-0.25, -0.2) is 4.79 Å². The van der Waals surface area contributed by atoms with Gasteiger partial charge in [0.15, 0.2) is 0 Å². The maximum Gasteiger partial charge on any atom is 0.379 e. The highest BCUT2D eigenvalue weighted by Gasteiger charge is 2.13. The van der Waals surface area contributed by atoms with Crippen LogP contribution in [0.5, 0.6) is 5.75 Å². The smallest absolute Gasteiger partial charge is 0.379 e. The average Bonchev–Trinajstić information content (AvgIpc) is 2.76. The first kappa shape index (κ1) is 10.8. The van der Waals surface area contributed by atoms with Gasteiger partial charge in [-0.05, 0) is 36.8 Å². The molecule has 0 unspecified atom stereocenters. The molecule has 0 aliphatic heterocycles. The van der Waals surface area contributed by atoms with Crippen LogP contribution in [-0.4, -0.2) is 5.97 Å². The molecular weight excluding hydrogens is 228 g/mol. The van der Waals surface area contributed by atoms with Gasteiger partial charge in [-0.2, -0.15) is 0 Å². The lowest BCUT2D eigenvalue weighted by molar-refractivity contribution is 0.0701. The lowest BCUT2D eigenvalue weighted by Gasteiger charge is -2.05. The van der Waals surface area contributed by atoms with Crippen LogP contribution in [-0.2, 0) is 0 Å². The highest BCUT2D eigenvalue weighted by atomic mass is 35.5. The third-order valence-corrected chi connectivity index (χ3v) is 2.32. The second-order valence-corrected chi connectivity index (χ2v) is 3.71. The highest BCUT2D eigenvalue weighted by Crippen LogP contribution is 2.26. The largest absolute Gasteiger partial charge is 0.457 e.